The van der Waals surface area contributed by atoms with E-state index < -0.39 is 12.1 Å². The van der Waals surface area contributed by atoms with Crippen molar-refractivity contribution in [3.8, 4) is 0 Å². The molecule has 2 fully saturated rings. The van der Waals surface area contributed by atoms with E-state index in [2.05, 4.69) is 15.6 Å². The van der Waals surface area contributed by atoms with Crippen molar-refractivity contribution in [3.05, 3.63) is 11.6 Å². The molecule has 3 rings (SSSR count). The van der Waals surface area contributed by atoms with E-state index >= 15 is 0 Å². The zero-order valence-corrected chi connectivity index (χ0v) is 12.4. The maximum Gasteiger partial charge on any atom is 0.253 e. The Kier molecular flexibility index (Phi) is 4.47. The molecule has 2 amide bonds. The second-order valence-electron chi connectivity index (χ2n) is 5.08. The summed E-state index contributed by atoms with van der Waals surface area (Å²) in [5.41, 5.74) is 0. The van der Waals surface area contributed by atoms with Gasteiger partial charge in [-0.25, -0.2) is 4.98 Å². The molecule has 2 N–H and O–H groups in total. The molecule has 21 heavy (non-hydrogen) atoms. The lowest BCUT2D eigenvalue weighted by molar-refractivity contribution is -0.148. The van der Waals surface area contributed by atoms with Crippen molar-refractivity contribution in [2.45, 2.75) is 25.0 Å². The number of carbonyl (C=O) groups excluding carboxylic acids is 2. The van der Waals surface area contributed by atoms with Crippen molar-refractivity contribution in [3.63, 3.8) is 0 Å². The Bertz CT molecular complexity index is 502. The van der Waals surface area contributed by atoms with Gasteiger partial charge in [0.15, 0.2) is 5.13 Å². The van der Waals surface area contributed by atoms with E-state index in [-0.39, 0.29) is 11.8 Å². The lowest BCUT2D eigenvalue weighted by Crippen LogP contribution is -2.52. The average molecular weight is 310 g/mol. The molecule has 2 aliphatic heterocycles. The van der Waals surface area contributed by atoms with Crippen LogP contribution in [-0.2, 0) is 14.3 Å². The molecular weight excluding hydrogens is 292 g/mol. The van der Waals surface area contributed by atoms with Gasteiger partial charge in [-0.15, -0.1) is 11.3 Å². The molecule has 1 aromatic rings. The lowest BCUT2D eigenvalue weighted by Gasteiger charge is -2.30. The second kappa shape index (κ2) is 6.50. The van der Waals surface area contributed by atoms with Crippen LogP contribution in [0.25, 0.3) is 0 Å². The van der Waals surface area contributed by atoms with Gasteiger partial charge in [0.2, 0.25) is 5.91 Å². The number of thiazole rings is 1. The van der Waals surface area contributed by atoms with Crippen LogP contribution >= 0.6 is 11.3 Å². The highest BCUT2D eigenvalue weighted by molar-refractivity contribution is 7.13. The Morgan fingerprint density at radius 2 is 2.43 bits per heavy atom. The summed E-state index contributed by atoms with van der Waals surface area (Å²) in [5, 5.41) is 8.27. The number of ether oxygens (including phenoxy) is 1. The van der Waals surface area contributed by atoms with Crippen LogP contribution in [0.1, 0.15) is 12.8 Å². The third-order valence-electron chi connectivity index (χ3n) is 3.70. The Morgan fingerprint density at radius 3 is 3.14 bits per heavy atom. The minimum Gasteiger partial charge on any atom is -0.366 e. The minimum absolute atomic E-state index is 0.0982. The van der Waals surface area contributed by atoms with Gasteiger partial charge in [-0.2, -0.15) is 0 Å². The van der Waals surface area contributed by atoms with Gasteiger partial charge >= 0.3 is 0 Å². The summed E-state index contributed by atoms with van der Waals surface area (Å²) in [6, 6.07) is -0.424. The van der Waals surface area contributed by atoms with Gasteiger partial charge in [-0.05, 0) is 12.8 Å². The standard InChI is InChI=1S/C13H18N4O3S/c18-11(16-13-15-4-7-21-13)9-2-1-5-17(9)12(19)10-8-14-3-6-20-10/h4,7,9-10,14H,1-3,5-6,8H2,(H,15,16,18). The number of anilines is 1. The molecule has 8 heteroatoms. The zero-order valence-electron chi connectivity index (χ0n) is 11.6. The predicted molar refractivity (Wildman–Crippen MR) is 78.1 cm³/mol. The van der Waals surface area contributed by atoms with Crippen LogP contribution in [0.4, 0.5) is 5.13 Å². The maximum absolute atomic E-state index is 12.5. The topological polar surface area (TPSA) is 83.6 Å². The van der Waals surface area contributed by atoms with Gasteiger partial charge in [0.05, 0.1) is 6.61 Å². The summed E-state index contributed by atoms with van der Waals surface area (Å²) in [6.45, 7) is 2.41. The average Bonchev–Trinajstić information content (AvgIpc) is 3.18. The van der Waals surface area contributed by atoms with Gasteiger partial charge in [0.25, 0.3) is 5.91 Å². The van der Waals surface area contributed by atoms with Crippen LogP contribution in [0.3, 0.4) is 0 Å². The van der Waals surface area contributed by atoms with Crippen LogP contribution in [0.2, 0.25) is 0 Å². The van der Waals surface area contributed by atoms with Crippen molar-refractivity contribution >= 4 is 28.3 Å². The molecule has 0 spiro atoms. The quantitative estimate of drug-likeness (QED) is 0.825. The number of hydrogen-bond donors (Lipinski definition) is 2. The van der Waals surface area contributed by atoms with Crippen molar-refractivity contribution in [2.24, 2.45) is 0 Å². The van der Waals surface area contributed by atoms with Crippen LogP contribution < -0.4 is 10.6 Å². The van der Waals surface area contributed by atoms with Gasteiger partial charge < -0.3 is 20.3 Å². The van der Waals surface area contributed by atoms with E-state index in [4.69, 9.17) is 4.74 Å². The fraction of sp³-hybridized carbons (Fsp3) is 0.615. The third kappa shape index (κ3) is 3.22. The fourth-order valence-electron chi connectivity index (χ4n) is 2.69. The summed E-state index contributed by atoms with van der Waals surface area (Å²) >= 11 is 1.37. The number of carbonyl (C=O) groups is 2. The van der Waals surface area contributed by atoms with E-state index in [1.165, 1.54) is 11.3 Å². The SMILES string of the molecule is O=C(Nc1nccs1)C1CCCN1C(=O)C1CNCCO1. The molecule has 2 saturated heterocycles. The highest BCUT2D eigenvalue weighted by atomic mass is 32.1. The Labute approximate surface area is 126 Å². The summed E-state index contributed by atoms with van der Waals surface area (Å²) < 4.78 is 5.49. The molecule has 0 aromatic carbocycles. The smallest absolute Gasteiger partial charge is 0.253 e. The first-order chi connectivity index (χ1) is 10.3. The van der Waals surface area contributed by atoms with Gasteiger partial charge in [-0.1, -0.05) is 0 Å². The summed E-state index contributed by atoms with van der Waals surface area (Å²) in [6.07, 6.45) is 2.68. The molecule has 1 aromatic heterocycles. The van der Waals surface area contributed by atoms with E-state index in [1.54, 1.807) is 16.5 Å². The van der Waals surface area contributed by atoms with Crippen LogP contribution in [0.5, 0.6) is 0 Å². The number of aromatic nitrogens is 1. The van der Waals surface area contributed by atoms with Crippen molar-refractivity contribution in [1.29, 1.82) is 0 Å². The van der Waals surface area contributed by atoms with Crippen molar-refractivity contribution in [2.75, 3.05) is 31.6 Å². The number of rotatable bonds is 3. The first-order valence-corrected chi connectivity index (χ1v) is 7.97. The third-order valence-corrected chi connectivity index (χ3v) is 4.39. The number of morpholine rings is 1. The Hall–Kier alpha value is -1.51. The molecule has 2 aliphatic rings. The molecule has 7 nitrogen and oxygen atoms in total. The Morgan fingerprint density at radius 1 is 1.52 bits per heavy atom. The number of amides is 2. The highest BCUT2D eigenvalue weighted by Crippen LogP contribution is 2.21. The molecule has 0 saturated carbocycles. The number of likely N-dealkylation sites (tertiary alicyclic amines) is 1. The monoisotopic (exact) mass is 310 g/mol. The van der Waals surface area contributed by atoms with Crippen molar-refractivity contribution < 1.29 is 14.3 Å². The van der Waals surface area contributed by atoms with Gasteiger partial charge in [-0.3, -0.25) is 9.59 Å². The first-order valence-electron chi connectivity index (χ1n) is 7.09. The normalized spacial score (nSPS) is 25.8. The molecule has 0 aliphatic carbocycles. The number of nitrogens with zero attached hydrogens (tertiary/aromatic N) is 2. The predicted octanol–water partition coefficient (Wildman–Crippen LogP) is 0.0610. The van der Waals surface area contributed by atoms with E-state index in [9.17, 15) is 9.59 Å². The van der Waals surface area contributed by atoms with Crippen LogP contribution in [0, 0.1) is 0 Å². The van der Waals surface area contributed by atoms with E-state index in [1.807, 2.05) is 0 Å². The highest BCUT2D eigenvalue weighted by Gasteiger charge is 2.38. The summed E-state index contributed by atoms with van der Waals surface area (Å²) in [4.78, 5) is 30.5. The zero-order chi connectivity index (χ0) is 14.7. The van der Waals surface area contributed by atoms with Gasteiger partial charge in [0, 0.05) is 31.2 Å². The molecule has 0 radical (unpaired) electrons. The molecule has 3 heterocycles. The molecule has 0 bridgehead atoms. The fourth-order valence-corrected chi connectivity index (χ4v) is 3.22. The number of hydrogen-bond acceptors (Lipinski definition) is 6. The summed E-state index contributed by atoms with van der Waals surface area (Å²) in [7, 11) is 0. The number of nitrogens with one attached hydrogen (secondary N) is 2. The van der Waals surface area contributed by atoms with Crippen molar-refractivity contribution in [1.82, 2.24) is 15.2 Å². The summed E-state index contributed by atoms with van der Waals surface area (Å²) in [5.74, 6) is -0.265. The maximum atomic E-state index is 12.5. The van der Waals surface area contributed by atoms with Crippen LogP contribution in [-0.4, -0.2) is 60.1 Å². The second-order valence-corrected chi connectivity index (χ2v) is 5.97. The molecule has 2 unspecified atom stereocenters. The molecule has 2 atom stereocenters. The molecule has 114 valence electrons. The molecular formula is C13H18N4O3S. The Balaban J connectivity index is 1.64. The largest absolute Gasteiger partial charge is 0.366 e. The van der Waals surface area contributed by atoms with Crippen LogP contribution in [0.15, 0.2) is 11.6 Å². The first kappa shape index (κ1) is 14.4. The van der Waals surface area contributed by atoms with E-state index in [0.29, 0.717) is 31.2 Å². The minimum atomic E-state index is -0.480. The van der Waals surface area contributed by atoms with Gasteiger partial charge in [0.1, 0.15) is 12.1 Å². The lowest BCUT2D eigenvalue weighted by atomic mass is 10.2. The van der Waals surface area contributed by atoms with E-state index in [0.717, 1.165) is 13.0 Å².